The number of imidazole rings is 1. The van der Waals surface area contributed by atoms with Gasteiger partial charge in [-0.1, -0.05) is 12.1 Å². The van der Waals surface area contributed by atoms with Crippen LogP contribution in [0.3, 0.4) is 0 Å². The third-order valence-electron chi connectivity index (χ3n) is 3.55. The molecule has 114 valence electrons. The molecule has 4 nitrogen and oxygen atoms in total. The van der Waals surface area contributed by atoms with Gasteiger partial charge in [-0.15, -0.1) is 0 Å². The molecule has 0 aliphatic carbocycles. The Kier molecular flexibility index (Phi) is 3.48. The second-order valence-electron chi connectivity index (χ2n) is 5.11. The molecule has 3 rings (SSSR count). The van der Waals surface area contributed by atoms with Crippen molar-refractivity contribution in [2.75, 3.05) is 6.26 Å². The molecule has 0 amide bonds. The zero-order valence-corrected chi connectivity index (χ0v) is 13.1. The maximum absolute atomic E-state index is 13.4. The highest BCUT2D eigenvalue weighted by atomic mass is 32.2. The molecule has 0 fully saturated rings. The first-order valence-electron chi connectivity index (χ1n) is 6.86. The second kappa shape index (κ2) is 5.21. The number of nitrogens with zero attached hydrogens (tertiary/aromatic N) is 2. The van der Waals surface area contributed by atoms with E-state index in [9.17, 15) is 12.8 Å². The molecule has 6 heteroatoms. The van der Waals surface area contributed by atoms with Gasteiger partial charge in [0.05, 0.1) is 15.9 Å². The lowest BCUT2D eigenvalue weighted by Crippen LogP contribution is -2.00. The van der Waals surface area contributed by atoms with Crippen LogP contribution >= 0.6 is 0 Å². The van der Waals surface area contributed by atoms with E-state index in [1.807, 2.05) is 11.5 Å². The molecule has 0 unspecified atom stereocenters. The van der Waals surface area contributed by atoms with Gasteiger partial charge in [0.25, 0.3) is 0 Å². The van der Waals surface area contributed by atoms with E-state index in [0.29, 0.717) is 23.4 Å². The van der Waals surface area contributed by atoms with Crippen molar-refractivity contribution in [3.8, 4) is 11.4 Å². The summed E-state index contributed by atoms with van der Waals surface area (Å²) in [5, 5.41) is 0. The zero-order valence-electron chi connectivity index (χ0n) is 12.2. The lowest BCUT2D eigenvalue weighted by molar-refractivity contribution is 0.602. The molecule has 2 aromatic carbocycles. The van der Waals surface area contributed by atoms with Crippen molar-refractivity contribution in [3.05, 3.63) is 48.3 Å². The summed E-state index contributed by atoms with van der Waals surface area (Å²) < 4.78 is 38.7. The predicted octanol–water partition coefficient (Wildman–Crippen LogP) is 3.27. The van der Waals surface area contributed by atoms with E-state index in [1.54, 1.807) is 30.3 Å². The van der Waals surface area contributed by atoms with Gasteiger partial charge in [-0.3, -0.25) is 0 Å². The quantitative estimate of drug-likeness (QED) is 0.745. The molecule has 0 atom stereocenters. The van der Waals surface area contributed by atoms with Gasteiger partial charge in [0, 0.05) is 24.4 Å². The van der Waals surface area contributed by atoms with Crippen molar-refractivity contribution < 1.29 is 12.8 Å². The highest BCUT2D eigenvalue weighted by Gasteiger charge is 2.14. The Hall–Kier alpha value is -2.21. The van der Waals surface area contributed by atoms with Crippen molar-refractivity contribution in [3.63, 3.8) is 0 Å². The first-order valence-corrected chi connectivity index (χ1v) is 8.75. The van der Waals surface area contributed by atoms with Crippen LogP contribution in [0.15, 0.2) is 47.4 Å². The fourth-order valence-corrected chi connectivity index (χ4v) is 3.18. The van der Waals surface area contributed by atoms with E-state index in [2.05, 4.69) is 4.98 Å². The molecule has 1 heterocycles. The minimum atomic E-state index is -3.29. The van der Waals surface area contributed by atoms with Gasteiger partial charge < -0.3 is 4.57 Å². The molecule has 0 aliphatic heterocycles. The van der Waals surface area contributed by atoms with Crippen molar-refractivity contribution in [1.29, 1.82) is 0 Å². The Morgan fingerprint density at radius 3 is 2.64 bits per heavy atom. The molecule has 0 spiro atoms. The van der Waals surface area contributed by atoms with Gasteiger partial charge >= 0.3 is 0 Å². The fraction of sp³-hybridized carbons (Fsp3) is 0.188. The van der Waals surface area contributed by atoms with Crippen LogP contribution in [-0.4, -0.2) is 24.2 Å². The highest BCUT2D eigenvalue weighted by Crippen LogP contribution is 2.27. The standard InChI is InChI=1S/C16H15FN2O2S/c1-3-19-15-8-7-12(17)10-14(15)18-16(19)11-5-4-6-13(9-11)22(2,20)21/h4-10H,3H2,1-2H3. The Labute approximate surface area is 128 Å². The number of benzene rings is 2. The average molecular weight is 318 g/mol. The van der Waals surface area contributed by atoms with Crippen LogP contribution in [0, 0.1) is 5.82 Å². The van der Waals surface area contributed by atoms with Crippen molar-refractivity contribution in [2.24, 2.45) is 0 Å². The predicted molar refractivity (Wildman–Crippen MR) is 83.9 cm³/mol. The number of hydrogen-bond donors (Lipinski definition) is 0. The zero-order chi connectivity index (χ0) is 15.9. The summed E-state index contributed by atoms with van der Waals surface area (Å²) in [5.74, 6) is 0.290. The third-order valence-corrected chi connectivity index (χ3v) is 4.66. The van der Waals surface area contributed by atoms with E-state index in [0.717, 1.165) is 5.52 Å². The molecule has 0 N–H and O–H groups in total. The van der Waals surface area contributed by atoms with E-state index in [4.69, 9.17) is 0 Å². The minimum absolute atomic E-state index is 0.242. The summed E-state index contributed by atoms with van der Waals surface area (Å²) >= 11 is 0. The highest BCUT2D eigenvalue weighted by molar-refractivity contribution is 7.90. The smallest absolute Gasteiger partial charge is 0.175 e. The monoisotopic (exact) mass is 318 g/mol. The summed E-state index contributed by atoms with van der Waals surface area (Å²) in [6.07, 6.45) is 1.17. The maximum atomic E-state index is 13.4. The first kappa shape index (κ1) is 14.7. The second-order valence-corrected chi connectivity index (χ2v) is 7.13. The Balaban J connectivity index is 2.26. The fourth-order valence-electron chi connectivity index (χ4n) is 2.51. The topological polar surface area (TPSA) is 52.0 Å². The van der Waals surface area contributed by atoms with Crippen LogP contribution in [0.1, 0.15) is 6.92 Å². The summed E-state index contributed by atoms with van der Waals surface area (Å²) in [6, 6.07) is 11.1. The Morgan fingerprint density at radius 1 is 1.18 bits per heavy atom. The van der Waals surface area contributed by atoms with Crippen LogP contribution in [0.4, 0.5) is 4.39 Å². The summed E-state index contributed by atoms with van der Waals surface area (Å²) in [7, 11) is -3.29. The molecule has 0 saturated carbocycles. The first-order chi connectivity index (χ1) is 10.4. The van der Waals surface area contributed by atoms with E-state index in [-0.39, 0.29) is 10.7 Å². The minimum Gasteiger partial charge on any atom is -0.324 e. The molecule has 0 aliphatic rings. The van der Waals surface area contributed by atoms with Gasteiger partial charge in [0.2, 0.25) is 0 Å². The van der Waals surface area contributed by atoms with E-state index < -0.39 is 9.84 Å². The third kappa shape index (κ3) is 2.50. The van der Waals surface area contributed by atoms with Gasteiger partial charge in [-0.05, 0) is 31.2 Å². The molecular formula is C16H15FN2O2S. The lowest BCUT2D eigenvalue weighted by atomic mass is 10.2. The number of sulfone groups is 1. The molecule has 1 aromatic heterocycles. The number of rotatable bonds is 3. The molecule has 3 aromatic rings. The number of aryl methyl sites for hydroxylation is 1. The van der Waals surface area contributed by atoms with Crippen LogP contribution < -0.4 is 0 Å². The summed E-state index contributed by atoms with van der Waals surface area (Å²) in [4.78, 5) is 4.71. The SMILES string of the molecule is CCn1c(-c2cccc(S(C)(=O)=O)c2)nc2cc(F)ccc21. The molecule has 22 heavy (non-hydrogen) atoms. The summed E-state index contributed by atoms with van der Waals surface area (Å²) in [6.45, 7) is 2.62. The maximum Gasteiger partial charge on any atom is 0.175 e. The van der Waals surface area contributed by atoms with Gasteiger partial charge in [0.15, 0.2) is 9.84 Å². The number of halogens is 1. The van der Waals surface area contributed by atoms with E-state index in [1.165, 1.54) is 18.4 Å². The largest absolute Gasteiger partial charge is 0.324 e. The van der Waals surface area contributed by atoms with Crippen LogP contribution in [0.25, 0.3) is 22.4 Å². The number of hydrogen-bond acceptors (Lipinski definition) is 3. The van der Waals surface area contributed by atoms with Crippen molar-refractivity contribution in [2.45, 2.75) is 18.4 Å². The average Bonchev–Trinajstić information content (AvgIpc) is 2.84. The lowest BCUT2D eigenvalue weighted by Gasteiger charge is -2.07. The Morgan fingerprint density at radius 2 is 1.95 bits per heavy atom. The Bertz CT molecular complexity index is 961. The van der Waals surface area contributed by atoms with Gasteiger partial charge in [-0.2, -0.15) is 0 Å². The molecule has 0 radical (unpaired) electrons. The van der Waals surface area contributed by atoms with Crippen molar-refractivity contribution in [1.82, 2.24) is 9.55 Å². The van der Waals surface area contributed by atoms with Gasteiger partial charge in [-0.25, -0.2) is 17.8 Å². The molecular weight excluding hydrogens is 303 g/mol. The number of fused-ring (bicyclic) bond motifs is 1. The number of aromatic nitrogens is 2. The van der Waals surface area contributed by atoms with Crippen LogP contribution in [0.5, 0.6) is 0 Å². The van der Waals surface area contributed by atoms with Crippen molar-refractivity contribution >= 4 is 20.9 Å². The van der Waals surface area contributed by atoms with Gasteiger partial charge in [0.1, 0.15) is 11.6 Å². The molecule has 0 bridgehead atoms. The summed E-state index contributed by atoms with van der Waals surface area (Å²) in [5.41, 5.74) is 2.08. The normalized spacial score (nSPS) is 12.0. The molecule has 0 saturated heterocycles. The van der Waals surface area contributed by atoms with Crippen LogP contribution in [-0.2, 0) is 16.4 Å². The van der Waals surface area contributed by atoms with E-state index >= 15 is 0 Å². The van der Waals surface area contributed by atoms with Crippen LogP contribution in [0.2, 0.25) is 0 Å².